The van der Waals surface area contributed by atoms with Crippen LogP contribution >= 0.6 is 0 Å². The number of hydrogen-bond donors (Lipinski definition) is 3. The molecular formula is C31H39N3O9. The third-order valence-electron chi connectivity index (χ3n) is 8.43. The van der Waals surface area contributed by atoms with Gasteiger partial charge in [-0.05, 0) is 30.4 Å². The number of carbonyl (C=O) groups is 2. The number of rotatable bonds is 11. The molecule has 2 aromatic rings. The zero-order valence-electron chi connectivity index (χ0n) is 23.9. The number of hydrogen-bond acceptors (Lipinski definition) is 10. The predicted molar refractivity (Wildman–Crippen MR) is 151 cm³/mol. The molecule has 4 saturated heterocycles. The van der Waals surface area contributed by atoms with Crippen molar-refractivity contribution in [2.24, 2.45) is 11.8 Å². The fourth-order valence-corrected chi connectivity index (χ4v) is 6.17. The number of carbonyl (C=O) groups excluding carboxylic acids is 2. The summed E-state index contributed by atoms with van der Waals surface area (Å²) >= 11 is 0. The molecule has 2 aromatic carbocycles. The maximum Gasteiger partial charge on any atom is 0.422 e. The minimum Gasteiger partial charge on any atom is -0.443 e. The minimum absolute atomic E-state index is 0.000668. The van der Waals surface area contributed by atoms with E-state index in [1.54, 1.807) is 5.01 Å². The lowest BCUT2D eigenvalue weighted by molar-refractivity contribution is -0.0909. The van der Waals surface area contributed by atoms with Crippen LogP contribution in [0.15, 0.2) is 60.7 Å². The number of fused-ring (bicyclic) bond motifs is 2. The molecule has 0 saturated carbocycles. The highest BCUT2D eigenvalue weighted by atomic mass is 16.7. The quantitative estimate of drug-likeness (QED) is 0.331. The molecule has 8 atom stereocenters. The van der Waals surface area contributed by atoms with Gasteiger partial charge in [0.1, 0.15) is 12.2 Å². The van der Waals surface area contributed by atoms with Crippen LogP contribution in [0.3, 0.4) is 0 Å². The number of nitrogens with zero attached hydrogens (tertiary/aromatic N) is 1. The molecular weight excluding hydrogens is 558 g/mol. The van der Waals surface area contributed by atoms with Gasteiger partial charge in [-0.25, -0.2) is 14.6 Å². The van der Waals surface area contributed by atoms with E-state index in [-0.39, 0.29) is 44.2 Å². The molecule has 232 valence electrons. The Labute approximate surface area is 250 Å². The van der Waals surface area contributed by atoms with Crippen molar-refractivity contribution < 1.29 is 43.1 Å². The van der Waals surface area contributed by atoms with Gasteiger partial charge in [-0.15, -0.1) is 0 Å². The fourth-order valence-electron chi connectivity index (χ4n) is 6.17. The van der Waals surface area contributed by atoms with Gasteiger partial charge in [0.05, 0.1) is 50.4 Å². The summed E-state index contributed by atoms with van der Waals surface area (Å²) < 4.78 is 33.7. The zero-order valence-corrected chi connectivity index (χ0v) is 23.9. The number of aliphatic hydroxyl groups excluding tert-OH is 1. The van der Waals surface area contributed by atoms with Crippen LogP contribution in [0.2, 0.25) is 0 Å². The highest BCUT2D eigenvalue weighted by molar-refractivity contribution is 5.68. The summed E-state index contributed by atoms with van der Waals surface area (Å²) in [6.45, 7) is 1.99. The second-order valence-electron chi connectivity index (χ2n) is 11.4. The van der Waals surface area contributed by atoms with Gasteiger partial charge in [0, 0.05) is 13.1 Å². The molecule has 4 aliphatic rings. The first kappa shape index (κ1) is 29.8. The van der Waals surface area contributed by atoms with Crippen molar-refractivity contribution in [3.63, 3.8) is 0 Å². The smallest absolute Gasteiger partial charge is 0.422 e. The molecule has 0 spiro atoms. The van der Waals surface area contributed by atoms with E-state index >= 15 is 0 Å². The van der Waals surface area contributed by atoms with E-state index < -0.39 is 36.5 Å². The highest BCUT2D eigenvalue weighted by Gasteiger charge is 2.45. The zero-order chi connectivity index (χ0) is 29.6. The van der Waals surface area contributed by atoms with Gasteiger partial charge in [0.15, 0.2) is 12.6 Å². The molecule has 12 heteroatoms. The van der Waals surface area contributed by atoms with Gasteiger partial charge in [-0.3, -0.25) is 5.43 Å². The van der Waals surface area contributed by atoms with Crippen LogP contribution in [0.5, 0.6) is 0 Å². The Balaban J connectivity index is 1.12. The number of benzene rings is 2. The molecule has 43 heavy (non-hydrogen) atoms. The molecule has 0 radical (unpaired) electrons. The molecule has 0 aliphatic carbocycles. The van der Waals surface area contributed by atoms with E-state index in [2.05, 4.69) is 10.7 Å². The largest absolute Gasteiger partial charge is 0.443 e. The third kappa shape index (κ3) is 7.64. The van der Waals surface area contributed by atoms with Gasteiger partial charge >= 0.3 is 12.2 Å². The lowest BCUT2D eigenvalue weighted by Crippen LogP contribution is -2.53. The van der Waals surface area contributed by atoms with Crippen LogP contribution in [0.4, 0.5) is 9.59 Å². The first-order valence-corrected chi connectivity index (χ1v) is 14.9. The van der Waals surface area contributed by atoms with Crippen LogP contribution in [0.1, 0.15) is 24.0 Å². The van der Waals surface area contributed by atoms with E-state index in [1.807, 2.05) is 60.7 Å². The Morgan fingerprint density at radius 2 is 1.37 bits per heavy atom. The van der Waals surface area contributed by atoms with Crippen molar-refractivity contribution in [1.29, 1.82) is 0 Å². The maximum atomic E-state index is 13.1. The van der Waals surface area contributed by atoms with Crippen LogP contribution in [0, 0.1) is 11.8 Å². The summed E-state index contributed by atoms with van der Waals surface area (Å²) in [5.41, 5.74) is 4.65. The average Bonchev–Trinajstić information content (AvgIpc) is 3.79. The Bertz CT molecular complexity index is 1210. The van der Waals surface area contributed by atoms with Gasteiger partial charge in [-0.2, -0.15) is 0 Å². The number of alkyl carbamates (subject to hydrolysis) is 1. The lowest BCUT2D eigenvalue weighted by Gasteiger charge is -2.31. The summed E-state index contributed by atoms with van der Waals surface area (Å²) in [7, 11) is 0. The standard InChI is InChI=1S/C31H39N3O9/c35-25(24(15-20-7-3-1-4-8-20)32-30(36)42-26-18-40-28-22(26)11-13-38-28)17-34(16-21-9-5-2-6-10-21)33-31(37)43-27-19-41-29-23(27)12-14-39-29/h1-10,22-29,35H,11-19H2,(H,32,36)(H,33,37). The van der Waals surface area contributed by atoms with E-state index in [0.717, 1.165) is 24.0 Å². The van der Waals surface area contributed by atoms with Crippen molar-refractivity contribution in [3.05, 3.63) is 71.8 Å². The minimum atomic E-state index is -1.08. The lowest BCUT2D eigenvalue weighted by atomic mass is 10.0. The van der Waals surface area contributed by atoms with E-state index in [1.165, 1.54) is 0 Å². The number of hydrazine groups is 1. The average molecular weight is 598 g/mol. The van der Waals surface area contributed by atoms with Gasteiger partial charge in [0.2, 0.25) is 0 Å². The van der Waals surface area contributed by atoms with Crippen molar-refractivity contribution in [3.8, 4) is 0 Å². The third-order valence-corrected chi connectivity index (χ3v) is 8.43. The van der Waals surface area contributed by atoms with Crippen LogP contribution in [-0.2, 0) is 41.4 Å². The van der Waals surface area contributed by atoms with Crippen molar-refractivity contribution >= 4 is 12.2 Å². The normalized spacial score (nSPS) is 29.1. The van der Waals surface area contributed by atoms with Gasteiger partial charge < -0.3 is 38.8 Å². The Kier molecular flexibility index (Phi) is 9.71. The first-order valence-electron chi connectivity index (χ1n) is 14.9. The summed E-state index contributed by atoms with van der Waals surface area (Å²) in [6.07, 6.45) is -2.02. The van der Waals surface area contributed by atoms with E-state index in [9.17, 15) is 14.7 Å². The Morgan fingerprint density at radius 3 is 1.98 bits per heavy atom. The van der Waals surface area contributed by atoms with Crippen LogP contribution < -0.4 is 10.7 Å². The second-order valence-corrected chi connectivity index (χ2v) is 11.4. The summed E-state index contributed by atoms with van der Waals surface area (Å²) in [6, 6.07) is 18.4. The summed E-state index contributed by atoms with van der Waals surface area (Å²) in [5.74, 6) is -0.00288. The molecule has 2 amide bonds. The molecule has 4 heterocycles. The number of nitrogens with one attached hydrogen (secondary N) is 2. The molecule has 4 aliphatic heterocycles. The summed E-state index contributed by atoms with van der Waals surface area (Å²) in [4.78, 5) is 26.1. The molecule has 3 N–H and O–H groups in total. The topological polar surface area (TPSA) is 137 Å². The molecule has 8 unspecified atom stereocenters. The van der Waals surface area contributed by atoms with E-state index in [4.69, 9.17) is 28.4 Å². The SMILES string of the molecule is O=C(NC(Cc1ccccc1)C(O)CN(Cc1ccccc1)NC(=O)OC1COC2OCCC12)OC1COC2OCCC12. The number of aliphatic hydroxyl groups is 1. The molecule has 6 rings (SSSR count). The molecule has 0 aromatic heterocycles. The Hall–Kier alpha value is -3.26. The maximum absolute atomic E-state index is 13.1. The molecule has 4 fully saturated rings. The van der Waals surface area contributed by atoms with Gasteiger partial charge in [-0.1, -0.05) is 60.7 Å². The van der Waals surface area contributed by atoms with Crippen molar-refractivity contribution in [2.45, 2.75) is 62.7 Å². The van der Waals surface area contributed by atoms with Crippen molar-refractivity contribution in [2.75, 3.05) is 33.0 Å². The van der Waals surface area contributed by atoms with E-state index in [0.29, 0.717) is 26.2 Å². The Morgan fingerprint density at radius 1 is 0.814 bits per heavy atom. The number of amides is 2. The first-order chi connectivity index (χ1) is 21.0. The number of ether oxygens (including phenoxy) is 6. The fraction of sp³-hybridized carbons (Fsp3) is 0.548. The summed E-state index contributed by atoms with van der Waals surface area (Å²) in [5, 5.41) is 16.0. The molecule has 12 nitrogen and oxygen atoms in total. The monoisotopic (exact) mass is 597 g/mol. The highest BCUT2D eigenvalue weighted by Crippen LogP contribution is 2.34. The van der Waals surface area contributed by atoms with Crippen LogP contribution in [0.25, 0.3) is 0 Å². The predicted octanol–water partition coefficient (Wildman–Crippen LogP) is 2.35. The van der Waals surface area contributed by atoms with Gasteiger partial charge in [0.25, 0.3) is 0 Å². The van der Waals surface area contributed by atoms with Crippen molar-refractivity contribution in [1.82, 2.24) is 15.8 Å². The molecule has 0 bridgehead atoms. The second kappa shape index (κ2) is 14.0. The van der Waals surface area contributed by atoms with Crippen LogP contribution in [-0.4, -0.2) is 92.2 Å².